The summed E-state index contributed by atoms with van der Waals surface area (Å²) in [6.07, 6.45) is 3.00. The first-order chi connectivity index (χ1) is 13.6. The number of methoxy groups -OCH3 is 1. The Bertz CT molecular complexity index is 857. The normalized spacial score (nSPS) is 14.9. The number of hydrogen-bond donors (Lipinski definition) is 1. The highest BCUT2D eigenvalue weighted by Crippen LogP contribution is 2.26. The smallest absolute Gasteiger partial charge is 0.271 e. The Kier molecular flexibility index (Phi) is 6.71. The molecule has 0 bridgehead atoms. The van der Waals surface area contributed by atoms with E-state index < -0.39 is 0 Å². The standard InChI is InChI=1S/C22H23ClN2O3/c1-28-18-12-10-16(11-13-18)19(23)20(22(27)25-14-6-3-7-15-25)24-21(26)17-8-4-2-5-9-17/h2,4-5,8-13H,3,6-7,14-15H2,1H3,(H,24,26)/b20-19+. The molecule has 0 unspecified atom stereocenters. The van der Waals surface area contributed by atoms with Crippen LogP contribution in [0.1, 0.15) is 35.2 Å². The average molecular weight is 399 g/mol. The van der Waals surface area contributed by atoms with Crippen LogP contribution in [0.15, 0.2) is 60.3 Å². The zero-order valence-electron chi connectivity index (χ0n) is 15.8. The summed E-state index contributed by atoms with van der Waals surface area (Å²) < 4.78 is 5.17. The van der Waals surface area contributed by atoms with Crippen molar-refractivity contribution < 1.29 is 14.3 Å². The maximum atomic E-state index is 13.1. The molecule has 1 heterocycles. The lowest BCUT2D eigenvalue weighted by atomic mass is 10.1. The van der Waals surface area contributed by atoms with E-state index in [2.05, 4.69) is 5.32 Å². The van der Waals surface area contributed by atoms with Crippen molar-refractivity contribution in [1.82, 2.24) is 10.2 Å². The highest BCUT2D eigenvalue weighted by molar-refractivity contribution is 6.51. The van der Waals surface area contributed by atoms with Crippen LogP contribution in [0.25, 0.3) is 5.03 Å². The Morgan fingerprint density at radius 1 is 0.929 bits per heavy atom. The van der Waals surface area contributed by atoms with Crippen molar-refractivity contribution >= 4 is 28.4 Å². The van der Waals surface area contributed by atoms with E-state index in [0.717, 1.165) is 19.3 Å². The first kappa shape index (κ1) is 20.0. The molecule has 0 spiro atoms. The van der Waals surface area contributed by atoms with Crippen LogP contribution in [0.2, 0.25) is 0 Å². The first-order valence-electron chi connectivity index (χ1n) is 9.30. The van der Waals surface area contributed by atoms with Crippen molar-refractivity contribution in [3.63, 3.8) is 0 Å². The summed E-state index contributed by atoms with van der Waals surface area (Å²) >= 11 is 6.59. The van der Waals surface area contributed by atoms with Crippen LogP contribution in [0, 0.1) is 0 Å². The highest BCUT2D eigenvalue weighted by atomic mass is 35.5. The zero-order chi connectivity index (χ0) is 19.9. The second kappa shape index (κ2) is 9.42. The van der Waals surface area contributed by atoms with Crippen molar-refractivity contribution in [2.75, 3.05) is 20.2 Å². The minimum atomic E-state index is -0.368. The van der Waals surface area contributed by atoms with E-state index in [9.17, 15) is 9.59 Å². The van der Waals surface area contributed by atoms with Crippen LogP contribution in [-0.4, -0.2) is 36.9 Å². The third-order valence-electron chi connectivity index (χ3n) is 4.69. The number of nitrogens with one attached hydrogen (secondary N) is 1. The fourth-order valence-corrected chi connectivity index (χ4v) is 3.37. The number of benzene rings is 2. The van der Waals surface area contributed by atoms with Gasteiger partial charge in [-0.15, -0.1) is 0 Å². The lowest BCUT2D eigenvalue weighted by molar-refractivity contribution is -0.128. The predicted molar refractivity (Wildman–Crippen MR) is 110 cm³/mol. The maximum absolute atomic E-state index is 13.1. The number of hydrogen-bond acceptors (Lipinski definition) is 3. The topological polar surface area (TPSA) is 58.6 Å². The Morgan fingerprint density at radius 3 is 2.18 bits per heavy atom. The number of halogens is 1. The summed E-state index contributed by atoms with van der Waals surface area (Å²) in [5, 5.41) is 2.95. The van der Waals surface area contributed by atoms with Crippen molar-refractivity contribution in [2.45, 2.75) is 19.3 Å². The zero-order valence-corrected chi connectivity index (χ0v) is 16.5. The van der Waals surface area contributed by atoms with E-state index in [1.54, 1.807) is 60.5 Å². The molecular weight excluding hydrogens is 376 g/mol. The molecule has 6 heteroatoms. The number of amides is 2. The quantitative estimate of drug-likeness (QED) is 0.773. The molecule has 2 amide bonds. The van der Waals surface area contributed by atoms with E-state index in [1.165, 1.54) is 0 Å². The van der Waals surface area contributed by atoms with Gasteiger partial charge in [0.15, 0.2) is 0 Å². The maximum Gasteiger partial charge on any atom is 0.271 e. The molecule has 1 aliphatic heterocycles. The lowest BCUT2D eigenvalue weighted by Crippen LogP contribution is -2.41. The summed E-state index contributed by atoms with van der Waals surface area (Å²) in [6, 6.07) is 15.8. The van der Waals surface area contributed by atoms with Gasteiger partial charge in [0.2, 0.25) is 0 Å². The molecule has 5 nitrogen and oxygen atoms in total. The molecule has 28 heavy (non-hydrogen) atoms. The molecule has 2 aromatic carbocycles. The molecule has 1 N–H and O–H groups in total. The van der Waals surface area contributed by atoms with Gasteiger partial charge < -0.3 is 15.0 Å². The molecule has 0 atom stereocenters. The van der Waals surface area contributed by atoms with Crippen LogP contribution in [-0.2, 0) is 4.79 Å². The Hall–Kier alpha value is -2.79. The monoisotopic (exact) mass is 398 g/mol. The fraction of sp³-hybridized carbons (Fsp3) is 0.273. The van der Waals surface area contributed by atoms with E-state index in [0.29, 0.717) is 30.0 Å². The van der Waals surface area contributed by atoms with E-state index in [4.69, 9.17) is 16.3 Å². The van der Waals surface area contributed by atoms with Gasteiger partial charge in [-0.2, -0.15) is 0 Å². The molecule has 0 saturated carbocycles. The summed E-state index contributed by atoms with van der Waals surface area (Å²) in [5.41, 5.74) is 1.20. The van der Waals surface area contributed by atoms with Crippen molar-refractivity contribution in [1.29, 1.82) is 0 Å². The van der Waals surface area contributed by atoms with Gasteiger partial charge in [-0.05, 0) is 61.2 Å². The van der Waals surface area contributed by atoms with Crippen LogP contribution in [0.3, 0.4) is 0 Å². The van der Waals surface area contributed by atoms with Gasteiger partial charge in [0.25, 0.3) is 11.8 Å². The minimum Gasteiger partial charge on any atom is -0.497 e. The Balaban J connectivity index is 1.94. The summed E-state index contributed by atoms with van der Waals surface area (Å²) in [5.74, 6) is 0.0582. The SMILES string of the molecule is COc1ccc(/C(Cl)=C(\NC(=O)c2ccccc2)C(=O)N2CCCCC2)cc1. The second-order valence-corrected chi connectivity index (χ2v) is 6.97. The van der Waals surface area contributed by atoms with Gasteiger partial charge in [0.1, 0.15) is 11.4 Å². The van der Waals surface area contributed by atoms with Gasteiger partial charge in [0, 0.05) is 18.7 Å². The molecule has 0 aliphatic carbocycles. The van der Waals surface area contributed by atoms with E-state index in [1.807, 2.05) is 6.07 Å². The molecular formula is C22H23ClN2O3. The van der Waals surface area contributed by atoms with Gasteiger partial charge in [-0.25, -0.2) is 0 Å². The van der Waals surface area contributed by atoms with Crippen LogP contribution in [0.5, 0.6) is 5.75 Å². The number of rotatable bonds is 5. The van der Waals surface area contributed by atoms with Crippen LogP contribution < -0.4 is 10.1 Å². The molecule has 0 aromatic heterocycles. The largest absolute Gasteiger partial charge is 0.497 e. The summed E-state index contributed by atoms with van der Waals surface area (Å²) in [7, 11) is 1.58. The van der Waals surface area contributed by atoms with Gasteiger partial charge in [0.05, 0.1) is 12.1 Å². The van der Waals surface area contributed by atoms with Crippen molar-refractivity contribution in [3.05, 3.63) is 71.4 Å². The molecule has 3 rings (SSSR count). The molecule has 146 valence electrons. The number of carbonyl (C=O) groups excluding carboxylic acids is 2. The summed E-state index contributed by atoms with van der Waals surface area (Å²) in [6.45, 7) is 1.33. The van der Waals surface area contributed by atoms with Gasteiger partial charge in [-0.3, -0.25) is 9.59 Å². The molecule has 1 aliphatic rings. The molecule has 2 aromatic rings. The highest BCUT2D eigenvalue weighted by Gasteiger charge is 2.25. The second-order valence-electron chi connectivity index (χ2n) is 6.59. The minimum absolute atomic E-state index is 0.0996. The summed E-state index contributed by atoms with van der Waals surface area (Å²) in [4.78, 5) is 27.6. The number of likely N-dealkylation sites (tertiary alicyclic amines) is 1. The number of piperidine rings is 1. The fourth-order valence-electron chi connectivity index (χ4n) is 3.11. The van der Waals surface area contributed by atoms with E-state index in [-0.39, 0.29) is 22.5 Å². The third-order valence-corrected chi connectivity index (χ3v) is 5.10. The number of nitrogens with zero attached hydrogens (tertiary/aromatic N) is 1. The third kappa shape index (κ3) is 4.73. The van der Waals surface area contributed by atoms with E-state index >= 15 is 0 Å². The molecule has 1 fully saturated rings. The predicted octanol–water partition coefficient (Wildman–Crippen LogP) is 4.05. The van der Waals surface area contributed by atoms with Gasteiger partial charge >= 0.3 is 0 Å². The molecule has 0 radical (unpaired) electrons. The number of ether oxygens (including phenoxy) is 1. The van der Waals surface area contributed by atoms with Gasteiger partial charge in [-0.1, -0.05) is 29.8 Å². The Labute approximate surface area is 169 Å². The molecule has 1 saturated heterocycles. The van der Waals surface area contributed by atoms with Crippen molar-refractivity contribution in [3.8, 4) is 5.75 Å². The average Bonchev–Trinajstić information content (AvgIpc) is 2.77. The Morgan fingerprint density at radius 2 is 1.57 bits per heavy atom. The van der Waals surface area contributed by atoms with Crippen molar-refractivity contribution in [2.24, 2.45) is 0 Å². The van der Waals surface area contributed by atoms with Crippen LogP contribution in [0.4, 0.5) is 0 Å². The number of carbonyl (C=O) groups is 2. The van der Waals surface area contributed by atoms with Crippen LogP contribution >= 0.6 is 11.6 Å². The first-order valence-corrected chi connectivity index (χ1v) is 9.68. The lowest BCUT2D eigenvalue weighted by Gasteiger charge is -2.28.